The Morgan fingerprint density at radius 2 is 1.86 bits per heavy atom. The molecule has 5 nitrogen and oxygen atoms in total. The molecule has 0 aliphatic heterocycles. The van der Waals surface area contributed by atoms with Crippen LogP contribution in [0.5, 0.6) is 0 Å². The van der Waals surface area contributed by atoms with Crippen molar-refractivity contribution < 1.29 is 17.9 Å². The van der Waals surface area contributed by atoms with Gasteiger partial charge in [-0.2, -0.15) is 0 Å². The SMILES string of the molecule is COC(=O)c1ccc(C)c(S(=O)(=O)Nc2ccccc2Cl)c1. The Bertz CT molecular complexity index is 818. The first-order chi connectivity index (χ1) is 10.3. The summed E-state index contributed by atoms with van der Waals surface area (Å²) in [6, 6.07) is 10.8. The first-order valence-electron chi connectivity index (χ1n) is 6.31. The topological polar surface area (TPSA) is 72.5 Å². The highest BCUT2D eigenvalue weighted by atomic mass is 35.5. The van der Waals surface area contributed by atoms with Crippen molar-refractivity contribution in [2.24, 2.45) is 0 Å². The van der Waals surface area contributed by atoms with Crippen molar-refractivity contribution in [3.05, 3.63) is 58.6 Å². The second-order valence-electron chi connectivity index (χ2n) is 4.56. The van der Waals surface area contributed by atoms with Crippen LogP contribution in [0.4, 0.5) is 5.69 Å². The zero-order valence-corrected chi connectivity index (χ0v) is 13.5. The number of halogens is 1. The second kappa shape index (κ2) is 6.37. The molecule has 2 rings (SSSR count). The number of sulfonamides is 1. The van der Waals surface area contributed by atoms with Crippen LogP contribution in [-0.2, 0) is 14.8 Å². The van der Waals surface area contributed by atoms with E-state index in [0.717, 1.165) is 0 Å². The predicted octanol–water partition coefficient (Wildman–Crippen LogP) is 3.24. The lowest BCUT2D eigenvalue weighted by Crippen LogP contribution is -2.15. The van der Waals surface area contributed by atoms with Crippen molar-refractivity contribution in [1.82, 2.24) is 0 Å². The van der Waals surface area contributed by atoms with E-state index in [-0.39, 0.29) is 21.2 Å². The molecule has 0 bridgehead atoms. The lowest BCUT2D eigenvalue weighted by molar-refractivity contribution is 0.0600. The minimum Gasteiger partial charge on any atom is -0.465 e. The number of methoxy groups -OCH3 is 1. The fraction of sp³-hybridized carbons (Fsp3) is 0.133. The largest absolute Gasteiger partial charge is 0.465 e. The number of rotatable bonds is 4. The maximum Gasteiger partial charge on any atom is 0.337 e. The van der Waals surface area contributed by atoms with E-state index in [1.165, 1.54) is 19.2 Å². The molecule has 0 amide bonds. The molecule has 0 spiro atoms. The third kappa shape index (κ3) is 3.40. The van der Waals surface area contributed by atoms with Crippen LogP contribution in [0.15, 0.2) is 47.4 Å². The Hall–Kier alpha value is -2.05. The van der Waals surface area contributed by atoms with Crippen LogP contribution >= 0.6 is 11.6 Å². The number of hydrogen-bond donors (Lipinski definition) is 1. The maximum absolute atomic E-state index is 12.5. The lowest BCUT2D eigenvalue weighted by atomic mass is 10.1. The van der Waals surface area contributed by atoms with Gasteiger partial charge in [-0.3, -0.25) is 4.72 Å². The van der Waals surface area contributed by atoms with E-state index < -0.39 is 16.0 Å². The van der Waals surface area contributed by atoms with Gasteiger partial charge in [0.15, 0.2) is 0 Å². The summed E-state index contributed by atoms with van der Waals surface area (Å²) in [6.45, 7) is 1.64. The van der Waals surface area contributed by atoms with Crippen molar-refractivity contribution >= 4 is 33.3 Å². The third-order valence-corrected chi connectivity index (χ3v) is 4.85. The molecule has 0 atom stereocenters. The van der Waals surface area contributed by atoms with Crippen molar-refractivity contribution in [3.8, 4) is 0 Å². The Morgan fingerprint density at radius 1 is 1.18 bits per heavy atom. The first kappa shape index (κ1) is 16.3. The van der Waals surface area contributed by atoms with Gasteiger partial charge in [0.2, 0.25) is 0 Å². The molecule has 1 N–H and O–H groups in total. The van der Waals surface area contributed by atoms with E-state index >= 15 is 0 Å². The van der Waals surface area contributed by atoms with E-state index in [0.29, 0.717) is 5.56 Å². The monoisotopic (exact) mass is 339 g/mol. The third-order valence-electron chi connectivity index (χ3n) is 3.02. The van der Waals surface area contributed by atoms with E-state index in [4.69, 9.17) is 11.6 Å². The van der Waals surface area contributed by atoms with Crippen LogP contribution in [0.3, 0.4) is 0 Å². The second-order valence-corrected chi connectivity index (χ2v) is 6.62. The fourth-order valence-corrected chi connectivity index (χ4v) is 3.47. The van der Waals surface area contributed by atoms with Gasteiger partial charge in [-0.1, -0.05) is 29.8 Å². The Morgan fingerprint density at radius 3 is 2.50 bits per heavy atom. The van der Waals surface area contributed by atoms with Gasteiger partial charge >= 0.3 is 5.97 Å². The van der Waals surface area contributed by atoms with Gasteiger partial charge in [-0.15, -0.1) is 0 Å². The first-order valence-corrected chi connectivity index (χ1v) is 8.17. The van der Waals surface area contributed by atoms with Crippen LogP contribution in [0.2, 0.25) is 5.02 Å². The number of carbonyl (C=O) groups excluding carboxylic acids is 1. The Labute approximate surface area is 133 Å². The summed E-state index contributed by atoms with van der Waals surface area (Å²) in [6.07, 6.45) is 0. The highest BCUT2D eigenvalue weighted by Gasteiger charge is 2.20. The molecular weight excluding hydrogens is 326 g/mol. The zero-order valence-electron chi connectivity index (χ0n) is 12.0. The summed E-state index contributed by atoms with van der Waals surface area (Å²) in [5.41, 5.74) is 0.937. The standard InChI is InChI=1S/C15H14ClNO4S/c1-10-7-8-11(15(18)21-2)9-14(10)22(19,20)17-13-6-4-3-5-12(13)16/h3-9,17H,1-2H3. The number of carbonyl (C=O) groups is 1. The molecule has 7 heteroatoms. The number of anilines is 1. The molecule has 2 aromatic rings. The van der Waals surface area contributed by atoms with Gasteiger partial charge in [0.1, 0.15) is 0 Å². The number of ether oxygens (including phenoxy) is 1. The van der Waals surface area contributed by atoms with Gasteiger partial charge in [0.05, 0.1) is 28.3 Å². The normalized spacial score (nSPS) is 11.0. The van der Waals surface area contributed by atoms with Gasteiger partial charge in [0.25, 0.3) is 10.0 Å². The smallest absolute Gasteiger partial charge is 0.337 e. The highest BCUT2D eigenvalue weighted by Crippen LogP contribution is 2.25. The number of esters is 1. The Kier molecular flexibility index (Phi) is 4.73. The van der Waals surface area contributed by atoms with Crippen LogP contribution < -0.4 is 4.72 Å². The van der Waals surface area contributed by atoms with E-state index in [1.807, 2.05) is 0 Å². The van der Waals surface area contributed by atoms with Gasteiger partial charge in [-0.25, -0.2) is 13.2 Å². The summed E-state index contributed by atoms with van der Waals surface area (Å²) in [4.78, 5) is 11.6. The molecule has 0 saturated heterocycles. The predicted molar refractivity (Wildman–Crippen MR) is 84.8 cm³/mol. The molecule has 0 aromatic heterocycles. The number of hydrogen-bond acceptors (Lipinski definition) is 4. The molecular formula is C15H14ClNO4S. The molecule has 0 radical (unpaired) electrons. The maximum atomic E-state index is 12.5. The quantitative estimate of drug-likeness (QED) is 0.868. The lowest BCUT2D eigenvalue weighted by Gasteiger charge is -2.12. The average molecular weight is 340 g/mol. The summed E-state index contributed by atoms with van der Waals surface area (Å²) < 4.78 is 32.1. The van der Waals surface area contributed by atoms with Crippen molar-refractivity contribution in [1.29, 1.82) is 0 Å². The van der Waals surface area contributed by atoms with Gasteiger partial charge < -0.3 is 4.74 Å². The summed E-state index contributed by atoms with van der Waals surface area (Å²) in [7, 11) is -2.64. The van der Waals surface area contributed by atoms with Crippen LogP contribution in [0, 0.1) is 6.92 Å². The molecule has 0 saturated carbocycles. The van der Waals surface area contributed by atoms with Crippen LogP contribution in [0.25, 0.3) is 0 Å². The number of aryl methyl sites for hydroxylation is 1. The van der Waals surface area contributed by atoms with Crippen LogP contribution in [-0.4, -0.2) is 21.5 Å². The highest BCUT2D eigenvalue weighted by molar-refractivity contribution is 7.92. The van der Waals surface area contributed by atoms with Crippen molar-refractivity contribution in [2.75, 3.05) is 11.8 Å². The van der Waals surface area contributed by atoms with Crippen molar-refractivity contribution in [2.45, 2.75) is 11.8 Å². The number of benzene rings is 2. The summed E-state index contributed by atoms with van der Waals surface area (Å²) >= 11 is 5.96. The molecule has 0 fully saturated rings. The minimum atomic E-state index is -3.87. The molecule has 116 valence electrons. The number of para-hydroxylation sites is 1. The summed E-state index contributed by atoms with van der Waals surface area (Å²) in [5, 5.41) is 0.285. The molecule has 0 unspecified atom stereocenters. The molecule has 0 aliphatic rings. The Balaban J connectivity index is 2.45. The van der Waals surface area contributed by atoms with Gasteiger partial charge in [0, 0.05) is 0 Å². The van der Waals surface area contributed by atoms with Crippen molar-refractivity contribution in [3.63, 3.8) is 0 Å². The number of nitrogens with one attached hydrogen (secondary N) is 1. The van der Waals surface area contributed by atoms with E-state index in [1.54, 1.807) is 37.3 Å². The molecule has 22 heavy (non-hydrogen) atoms. The molecule has 2 aromatic carbocycles. The molecule has 0 heterocycles. The zero-order chi connectivity index (χ0) is 16.3. The fourth-order valence-electron chi connectivity index (χ4n) is 1.88. The molecule has 0 aliphatic carbocycles. The van der Waals surface area contributed by atoms with Gasteiger partial charge in [-0.05, 0) is 36.8 Å². The minimum absolute atomic E-state index is 0.00433. The average Bonchev–Trinajstić information content (AvgIpc) is 2.49. The summed E-state index contributed by atoms with van der Waals surface area (Å²) in [5.74, 6) is -0.603. The van der Waals surface area contributed by atoms with E-state index in [2.05, 4.69) is 9.46 Å². The van der Waals surface area contributed by atoms with E-state index in [9.17, 15) is 13.2 Å². The van der Waals surface area contributed by atoms with Crippen LogP contribution in [0.1, 0.15) is 15.9 Å².